The molecule has 3 aromatic rings. The normalized spacial score (nSPS) is 16.0. The van der Waals surface area contributed by atoms with E-state index in [1.165, 1.54) is 10.2 Å². The first kappa shape index (κ1) is 14.8. The number of hydrogen-bond acceptors (Lipinski definition) is 7. The molecule has 0 unspecified atom stereocenters. The Morgan fingerprint density at radius 3 is 2.67 bits per heavy atom. The molecule has 4 rings (SSSR count). The number of nitrogens with zero attached hydrogens (tertiary/aromatic N) is 6. The average molecular weight is 326 g/mol. The van der Waals surface area contributed by atoms with Gasteiger partial charge in [-0.1, -0.05) is 6.07 Å². The highest BCUT2D eigenvalue weighted by atomic mass is 16.6. The molecule has 124 valence electrons. The van der Waals surface area contributed by atoms with E-state index in [-0.39, 0.29) is 5.56 Å². The Morgan fingerprint density at radius 1 is 1.08 bits per heavy atom. The molecule has 1 aliphatic heterocycles. The molecule has 8 nitrogen and oxygen atoms in total. The molecular weight excluding hydrogens is 308 g/mol. The molecule has 3 heterocycles. The molecule has 1 fully saturated rings. The van der Waals surface area contributed by atoms with Gasteiger partial charge in [-0.05, 0) is 28.0 Å². The van der Waals surface area contributed by atoms with Crippen LogP contribution >= 0.6 is 0 Å². The highest BCUT2D eigenvalue weighted by molar-refractivity contribution is 5.73. The van der Waals surface area contributed by atoms with E-state index in [1.54, 1.807) is 19.3 Å². The maximum atomic E-state index is 11.7. The summed E-state index contributed by atoms with van der Waals surface area (Å²) in [6, 6.07) is 7.66. The Morgan fingerprint density at radius 2 is 1.88 bits per heavy atom. The topological polar surface area (TPSA) is 80.3 Å². The number of benzene rings is 1. The van der Waals surface area contributed by atoms with E-state index < -0.39 is 0 Å². The van der Waals surface area contributed by atoms with Gasteiger partial charge in [-0.25, -0.2) is 9.31 Å². The van der Waals surface area contributed by atoms with Crippen molar-refractivity contribution in [3.8, 4) is 0 Å². The van der Waals surface area contributed by atoms with Crippen LogP contribution in [0.1, 0.15) is 5.56 Å². The van der Waals surface area contributed by atoms with Gasteiger partial charge in [0, 0.05) is 45.8 Å². The standard InChI is InChI=1S/C16H18N6O2/c1-20-16(23)9-13(10-17-20)22-6-4-21(5-7-22)11-12-2-3-14-15(8-12)19-24-18-14/h2-3,8-10H,4-7,11H2,1H3. The molecule has 0 radical (unpaired) electrons. The van der Waals surface area contributed by atoms with Crippen LogP contribution in [-0.2, 0) is 13.6 Å². The molecule has 0 N–H and O–H groups in total. The summed E-state index contributed by atoms with van der Waals surface area (Å²) >= 11 is 0. The first-order valence-corrected chi connectivity index (χ1v) is 7.91. The van der Waals surface area contributed by atoms with Gasteiger partial charge < -0.3 is 4.90 Å². The Kier molecular flexibility index (Phi) is 3.73. The van der Waals surface area contributed by atoms with Crippen LogP contribution in [-0.4, -0.2) is 51.2 Å². The number of aromatic nitrogens is 4. The van der Waals surface area contributed by atoms with Crippen molar-refractivity contribution >= 4 is 16.7 Å². The fourth-order valence-corrected chi connectivity index (χ4v) is 2.98. The van der Waals surface area contributed by atoms with Gasteiger partial charge in [0.05, 0.1) is 11.9 Å². The summed E-state index contributed by atoms with van der Waals surface area (Å²) in [5, 5.41) is 11.8. The summed E-state index contributed by atoms with van der Waals surface area (Å²) in [6.07, 6.45) is 1.75. The van der Waals surface area contributed by atoms with Gasteiger partial charge in [-0.2, -0.15) is 5.10 Å². The predicted molar refractivity (Wildman–Crippen MR) is 88.8 cm³/mol. The number of hydrogen-bond donors (Lipinski definition) is 0. The largest absolute Gasteiger partial charge is 0.368 e. The second-order valence-corrected chi connectivity index (χ2v) is 6.03. The summed E-state index contributed by atoms with van der Waals surface area (Å²) in [7, 11) is 1.66. The Labute approximate surface area is 138 Å². The van der Waals surface area contributed by atoms with Gasteiger partial charge in [0.2, 0.25) is 0 Å². The van der Waals surface area contributed by atoms with Crippen LogP contribution in [0.4, 0.5) is 5.69 Å². The van der Waals surface area contributed by atoms with Crippen molar-refractivity contribution in [1.29, 1.82) is 0 Å². The zero-order valence-electron chi connectivity index (χ0n) is 13.4. The second-order valence-electron chi connectivity index (χ2n) is 6.03. The van der Waals surface area contributed by atoms with Crippen molar-refractivity contribution in [2.24, 2.45) is 7.05 Å². The SMILES string of the molecule is Cn1ncc(N2CCN(Cc3ccc4nonc4c3)CC2)cc1=O. The number of aryl methyl sites for hydroxylation is 1. The molecule has 0 spiro atoms. The maximum absolute atomic E-state index is 11.7. The van der Waals surface area contributed by atoms with Crippen molar-refractivity contribution in [2.75, 3.05) is 31.1 Å². The fraction of sp³-hybridized carbons (Fsp3) is 0.375. The van der Waals surface area contributed by atoms with Crippen molar-refractivity contribution in [2.45, 2.75) is 6.54 Å². The van der Waals surface area contributed by atoms with Gasteiger partial charge in [0.25, 0.3) is 5.56 Å². The molecule has 2 aromatic heterocycles. The molecule has 0 bridgehead atoms. The zero-order valence-corrected chi connectivity index (χ0v) is 13.4. The van der Waals surface area contributed by atoms with Crippen LogP contribution in [0.15, 0.2) is 39.9 Å². The highest BCUT2D eigenvalue weighted by Gasteiger charge is 2.18. The molecule has 24 heavy (non-hydrogen) atoms. The van der Waals surface area contributed by atoms with E-state index in [9.17, 15) is 4.79 Å². The van der Waals surface area contributed by atoms with Crippen LogP contribution in [0, 0.1) is 0 Å². The summed E-state index contributed by atoms with van der Waals surface area (Å²) in [5.74, 6) is 0. The third-order valence-corrected chi connectivity index (χ3v) is 4.42. The van der Waals surface area contributed by atoms with E-state index in [0.717, 1.165) is 49.4 Å². The van der Waals surface area contributed by atoms with E-state index in [4.69, 9.17) is 4.63 Å². The molecular formula is C16H18N6O2. The minimum atomic E-state index is -0.0792. The number of fused-ring (bicyclic) bond motifs is 1. The summed E-state index contributed by atoms with van der Waals surface area (Å²) in [6.45, 7) is 4.49. The molecule has 1 aromatic carbocycles. The molecule has 0 saturated carbocycles. The molecule has 0 atom stereocenters. The van der Waals surface area contributed by atoms with Crippen molar-refractivity contribution in [3.05, 3.63) is 46.4 Å². The minimum Gasteiger partial charge on any atom is -0.368 e. The van der Waals surface area contributed by atoms with Gasteiger partial charge in [0.15, 0.2) is 0 Å². The Balaban J connectivity index is 1.40. The van der Waals surface area contributed by atoms with Crippen LogP contribution < -0.4 is 10.5 Å². The summed E-state index contributed by atoms with van der Waals surface area (Å²) in [4.78, 5) is 16.3. The lowest BCUT2D eigenvalue weighted by Gasteiger charge is -2.35. The average Bonchev–Trinajstić information content (AvgIpc) is 3.06. The molecule has 1 aliphatic rings. The van der Waals surface area contributed by atoms with Crippen LogP contribution in [0.25, 0.3) is 11.0 Å². The Bertz CT molecular complexity index is 910. The lowest BCUT2D eigenvalue weighted by atomic mass is 10.1. The van der Waals surface area contributed by atoms with Crippen molar-refractivity contribution < 1.29 is 4.63 Å². The van der Waals surface area contributed by atoms with Crippen LogP contribution in [0.3, 0.4) is 0 Å². The highest BCUT2D eigenvalue weighted by Crippen LogP contribution is 2.17. The summed E-state index contributed by atoms with van der Waals surface area (Å²) < 4.78 is 6.08. The molecule has 0 aliphatic carbocycles. The molecule has 8 heteroatoms. The van der Waals surface area contributed by atoms with E-state index >= 15 is 0 Å². The number of piperazine rings is 1. The van der Waals surface area contributed by atoms with E-state index in [1.807, 2.05) is 12.1 Å². The van der Waals surface area contributed by atoms with Crippen LogP contribution in [0.2, 0.25) is 0 Å². The van der Waals surface area contributed by atoms with Gasteiger partial charge >= 0.3 is 0 Å². The third-order valence-electron chi connectivity index (χ3n) is 4.42. The molecule has 1 saturated heterocycles. The smallest absolute Gasteiger partial charge is 0.268 e. The number of anilines is 1. The molecule has 0 amide bonds. The monoisotopic (exact) mass is 326 g/mol. The quantitative estimate of drug-likeness (QED) is 0.698. The first-order valence-electron chi connectivity index (χ1n) is 7.91. The lowest BCUT2D eigenvalue weighted by Crippen LogP contribution is -2.46. The van der Waals surface area contributed by atoms with Crippen molar-refractivity contribution in [3.63, 3.8) is 0 Å². The predicted octanol–water partition coefficient (Wildman–Crippen LogP) is 0.639. The van der Waals surface area contributed by atoms with Crippen LogP contribution in [0.5, 0.6) is 0 Å². The minimum absolute atomic E-state index is 0.0792. The summed E-state index contributed by atoms with van der Waals surface area (Å²) in [5.41, 5.74) is 3.58. The Hall–Kier alpha value is -2.74. The van der Waals surface area contributed by atoms with E-state index in [0.29, 0.717) is 0 Å². The lowest BCUT2D eigenvalue weighted by molar-refractivity contribution is 0.250. The van der Waals surface area contributed by atoms with Gasteiger partial charge in [-0.15, -0.1) is 0 Å². The zero-order chi connectivity index (χ0) is 16.5. The second kappa shape index (κ2) is 6.04. The first-order chi connectivity index (χ1) is 11.7. The third kappa shape index (κ3) is 2.88. The fourth-order valence-electron chi connectivity index (χ4n) is 2.98. The van der Waals surface area contributed by atoms with Crippen molar-refractivity contribution in [1.82, 2.24) is 25.0 Å². The van der Waals surface area contributed by atoms with E-state index in [2.05, 4.69) is 31.3 Å². The maximum Gasteiger partial charge on any atom is 0.268 e. The van der Waals surface area contributed by atoms with Gasteiger partial charge in [-0.3, -0.25) is 9.69 Å². The van der Waals surface area contributed by atoms with Gasteiger partial charge in [0.1, 0.15) is 11.0 Å². The number of rotatable bonds is 3.